The molecular weight excluding hydrogens is 242 g/mol. The van der Waals surface area contributed by atoms with Gasteiger partial charge in [-0.2, -0.15) is 0 Å². The number of rotatable bonds is 3. The molecule has 0 aliphatic rings. The fourth-order valence-electron chi connectivity index (χ4n) is 1.63. The number of hydrogen-bond donors (Lipinski definition) is 2. The van der Waals surface area contributed by atoms with Gasteiger partial charge in [-0.25, -0.2) is 5.43 Å². The number of hydrogen-bond acceptors (Lipinski definition) is 4. The molecule has 2 rings (SSSR count). The molecule has 0 saturated heterocycles. The van der Waals surface area contributed by atoms with Gasteiger partial charge in [0.15, 0.2) is 0 Å². The highest BCUT2D eigenvalue weighted by molar-refractivity contribution is 7.10. The van der Waals surface area contributed by atoms with Crippen molar-refractivity contribution in [3.05, 3.63) is 50.9 Å². The van der Waals surface area contributed by atoms with Crippen molar-refractivity contribution in [2.45, 2.75) is 13.0 Å². The number of thiophene rings is 1. The zero-order chi connectivity index (χ0) is 11.5. The summed E-state index contributed by atoms with van der Waals surface area (Å²) in [5, 5.41) is 2.70. The number of aryl methyl sites for hydroxylation is 1. The van der Waals surface area contributed by atoms with Crippen LogP contribution in [-0.2, 0) is 0 Å². The second kappa shape index (κ2) is 4.93. The van der Waals surface area contributed by atoms with Gasteiger partial charge in [0, 0.05) is 17.3 Å². The molecule has 0 aromatic carbocycles. The van der Waals surface area contributed by atoms with Crippen LogP contribution in [0.1, 0.15) is 22.0 Å². The smallest absolute Gasteiger partial charge is 0.0821 e. The molecule has 2 heterocycles. The summed E-state index contributed by atoms with van der Waals surface area (Å²) in [5.41, 5.74) is 4.99. The van der Waals surface area contributed by atoms with E-state index in [0.717, 1.165) is 21.0 Å². The van der Waals surface area contributed by atoms with E-state index in [4.69, 9.17) is 17.4 Å². The number of pyridine rings is 1. The van der Waals surface area contributed by atoms with Crippen molar-refractivity contribution in [2.24, 2.45) is 5.84 Å². The molecule has 0 radical (unpaired) electrons. The van der Waals surface area contributed by atoms with Crippen molar-refractivity contribution in [3.63, 3.8) is 0 Å². The summed E-state index contributed by atoms with van der Waals surface area (Å²) in [6.07, 6.45) is 3.58. The van der Waals surface area contributed by atoms with Crippen LogP contribution in [-0.4, -0.2) is 4.98 Å². The summed E-state index contributed by atoms with van der Waals surface area (Å²) in [7, 11) is 0. The summed E-state index contributed by atoms with van der Waals surface area (Å²) >= 11 is 7.71. The maximum atomic E-state index is 6.11. The lowest BCUT2D eigenvalue weighted by molar-refractivity contribution is 0.642. The van der Waals surface area contributed by atoms with E-state index in [-0.39, 0.29) is 6.04 Å². The molecule has 0 saturated carbocycles. The summed E-state index contributed by atoms with van der Waals surface area (Å²) < 4.78 is 0. The van der Waals surface area contributed by atoms with Gasteiger partial charge in [0.05, 0.1) is 11.1 Å². The molecule has 3 N–H and O–H groups in total. The van der Waals surface area contributed by atoms with Gasteiger partial charge in [0.2, 0.25) is 0 Å². The molecule has 5 heteroatoms. The van der Waals surface area contributed by atoms with Crippen LogP contribution in [0.5, 0.6) is 0 Å². The lowest BCUT2D eigenvalue weighted by Gasteiger charge is -2.17. The van der Waals surface area contributed by atoms with Crippen LogP contribution in [0.4, 0.5) is 0 Å². The minimum atomic E-state index is -0.0736. The first kappa shape index (κ1) is 11.5. The van der Waals surface area contributed by atoms with Gasteiger partial charge in [0.1, 0.15) is 0 Å². The molecule has 0 amide bonds. The SMILES string of the molecule is Cc1cnccc1C(NN)c1sccc1Cl. The van der Waals surface area contributed by atoms with Gasteiger partial charge in [-0.05, 0) is 35.6 Å². The Hall–Kier alpha value is -0.940. The van der Waals surface area contributed by atoms with E-state index in [9.17, 15) is 0 Å². The number of nitrogens with zero attached hydrogens (tertiary/aromatic N) is 1. The Kier molecular flexibility index (Phi) is 3.56. The van der Waals surface area contributed by atoms with E-state index in [1.54, 1.807) is 17.5 Å². The van der Waals surface area contributed by atoms with Crippen molar-refractivity contribution < 1.29 is 0 Å². The average molecular weight is 254 g/mol. The minimum absolute atomic E-state index is 0.0736. The molecule has 0 fully saturated rings. The Bertz CT molecular complexity index is 484. The number of aromatic nitrogens is 1. The quantitative estimate of drug-likeness (QED) is 0.653. The van der Waals surface area contributed by atoms with Crippen LogP contribution in [0, 0.1) is 6.92 Å². The van der Waals surface area contributed by atoms with Gasteiger partial charge in [-0.1, -0.05) is 11.6 Å². The summed E-state index contributed by atoms with van der Waals surface area (Å²) in [4.78, 5) is 5.09. The predicted molar refractivity (Wildman–Crippen MR) is 67.5 cm³/mol. The molecule has 16 heavy (non-hydrogen) atoms. The maximum Gasteiger partial charge on any atom is 0.0821 e. The minimum Gasteiger partial charge on any atom is -0.271 e. The molecule has 1 unspecified atom stereocenters. The fourth-order valence-corrected chi connectivity index (χ4v) is 2.87. The molecule has 0 aliphatic carbocycles. The van der Waals surface area contributed by atoms with Gasteiger partial charge in [-0.15, -0.1) is 11.3 Å². The highest BCUT2D eigenvalue weighted by atomic mass is 35.5. The van der Waals surface area contributed by atoms with Gasteiger partial charge in [0.25, 0.3) is 0 Å². The number of halogens is 1. The fraction of sp³-hybridized carbons (Fsp3) is 0.182. The zero-order valence-electron chi connectivity index (χ0n) is 8.77. The molecule has 3 nitrogen and oxygen atoms in total. The second-order valence-corrected chi connectivity index (χ2v) is 4.82. The van der Waals surface area contributed by atoms with Crippen LogP contribution < -0.4 is 11.3 Å². The van der Waals surface area contributed by atoms with Crippen molar-refractivity contribution >= 4 is 22.9 Å². The summed E-state index contributed by atoms with van der Waals surface area (Å²) in [5.74, 6) is 5.61. The number of nitrogens with one attached hydrogen (secondary N) is 1. The molecule has 1 atom stereocenters. The van der Waals surface area contributed by atoms with Crippen molar-refractivity contribution in [1.82, 2.24) is 10.4 Å². The summed E-state index contributed by atoms with van der Waals surface area (Å²) in [6, 6.07) is 3.76. The van der Waals surface area contributed by atoms with E-state index < -0.39 is 0 Å². The molecule has 0 spiro atoms. The first-order valence-corrected chi connectivity index (χ1v) is 6.09. The Morgan fingerprint density at radius 2 is 2.31 bits per heavy atom. The zero-order valence-corrected chi connectivity index (χ0v) is 10.3. The van der Waals surface area contributed by atoms with Crippen molar-refractivity contribution in [3.8, 4) is 0 Å². The standard InChI is InChI=1S/C11H12ClN3S/c1-7-6-14-4-2-8(7)10(15-13)11-9(12)3-5-16-11/h2-6,10,15H,13H2,1H3. The molecule has 0 aliphatic heterocycles. The normalized spacial score (nSPS) is 12.7. The first-order chi connectivity index (χ1) is 7.74. The largest absolute Gasteiger partial charge is 0.271 e. The predicted octanol–water partition coefficient (Wildman–Crippen LogP) is 2.66. The molecule has 2 aromatic rings. The first-order valence-electron chi connectivity index (χ1n) is 4.83. The number of hydrazine groups is 1. The van der Waals surface area contributed by atoms with Gasteiger partial charge >= 0.3 is 0 Å². The lowest BCUT2D eigenvalue weighted by Crippen LogP contribution is -2.29. The number of nitrogens with two attached hydrogens (primary N) is 1. The maximum absolute atomic E-state index is 6.11. The third-order valence-corrected chi connectivity index (χ3v) is 3.87. The van der Waals surface area contributed by atoms with Gasteiger partial charge in [-0.3, -0.25) is 10.8 Å². The molecule has 2 aromatic heterocycles. The monoisotopic (exact) mass is 253 g/mol. The second-order valence-electron chi connectivity index (χ2n) is 3.46. The average Bonchev–Trinajstić information content (AvgIpc) is 2.69. The van der Waals surface area contributed by atoms with E-state index >= 15 is 0 Å². The highest BCUT2D eigenvalue weighted by Gasteiger charge is 2.18. The van der Waals surface area contributed by atoms with Crippen LogP contribution >= 0.6 is 22.9 Å². The highest BCUT2D eigenvalue weighted by Crippen LogP contribution is 2.33. The topological polar surface area (TPSA) is 50.9 Å². The van der Waals surface area contributed by atoms with E-state index in [1.807, 2.05) is 30.6 Å². The van der Waals surface area contributed by atoms with Crippen LogP contribution in [0.3, 0.4) is 0 Å². The van der Waals surface area contributed by atoms with Crippen LogP contribution in [0.15, 0.2) is 29.9 Å². The lowest BCUT2D eigenvalue weighted by atomic mass is 10.0. The Morgan fingerprint density at radius 3 is 2.88 bits per heavy atom. The van der Waals surface area contributed by atoms with Crippen LogP contribution in [0.25, 0.3) is 0 Å². The Labute approximate surface area is 103 Å². The van der Waals surface area contributed by atoms with Crippen LogP contribution in [0.2, 0.25) is 5.02 Å². The van der Waals surface area contributed by atoms with Gasteiger partial charge < -0.3 is 0 Å². The Morgan fingerprint density at radius 1 is 1.50 bits per heavy atom. The summed E-state index contributed by atoms with van der Waals surface area (Å²) in [6.45, 7) is 2.01. The van der Waals surface area contributed by atoms with E-state index in [1.165, 1.54) is 0 Å². The van der Waals surface area contributed by atoms with Crippen molar-refractivity contribution in [2.75, 3.05) is 0 Å². The third kappa shape index (κ3) is 2.10. The van der Waals surface area contributed by atoms with Crippen molar-refractivity contribution in [1.29, 1.82) is 0 Å². The third-order valence-electron chi connectivity index (χ3n) is 2.45. The molecular formula is C11H12ClN3S. The van der Waals surface area contributed by atoms with E-state index in [2.05, 4.69) is 10.4 Å². The molecule has 0 bridgehead atoms. The molecule has 84 valence electrons. The van der Waals surface area contributed by atoms with E-state index in [0.29, 0.717) is 0 Å². The Balaban J connectivity index is 2.45.